The predicted molar refractivity (Wildman–Crippen MR) is 105 cm³/mol. The number of ketones is 1. The fourth-order valence-corrected chi connectivity index (χ4v) is 2.78. The highest BCUT2D eigenvalue weighted by Gasteiger charge is 2.38. The van der Waals surface area contributed by atoms with Crippen molar-refractivity contribution in [3.8, 4) is 0 Å². The standard InChI is InChI=1S/C19H15N5O6/c1-10-3-4-11(2)14(7-10)22-19(26)18(25)17(24(29)30)16-9-20-13-6-5-12(23(27)28)8-15(13)21-16/h3-9,17H,1-2H3,(H,22,26)/t17-/m1/s1. The summed E-state index contributed by atoms with van der Waals surface area (Å²) in [6.45, 7) is 3.51. The summed E-state index contributed by atoms with van der Waals surface area (Å²) in [6.07, 6.45) is 1.00. The number of benzene rings is 2. The van der Waals surface area contributed by atoms with Crippen LogP contribution in [0.1, 0.15) is 22.9 Å². The number of rotatable bonds is 6. The van der Waals surface area contributed by atoms with Gasteiger partial charge in [0.15, 0.2) is 0 Å². The van der Waals surface area contributed by atoms with Crippen molar-refractivity contribution in [3.63, 3.8) is 0 Å². The summed E-state index contributed by atoms with van der Waals surface area (Å²) in [5, 5.41) is 24.9. The molecule has 0 radical (unpaired) electrons. The van der Waals surface area contributed by atoms with E-state index in [0.29, 0.717) is 11.3 Å². The number of hydrogen-bond acceptors (Lipinski definition) is 8. The Labute approximate surface area is 169 Å². The van der Waals surface area contributed by atoms with Gasteiger partial charge in [0.1, 0.15) is 5.69 Å². The van der Waals surface area contributed by atoms with Gasteiger partial charge < -0.3 is 5.32 Å². The first-order chi connectivity index (χ1) is 14.2. The molecule has 152 valence electrons. The van der Waals surface area contributed by atoms with Crippen molar-refractivity contribution in [2.45, 2.75) is 19.9 Å². The summed E-state index contributed by atoms with van der Waals surface area (Å²) in [4.78, 5) is 53.8. The van der Waals surface area contributed by atoms with Crippen molar-refractivity contribution < 1.29 is 19.4 Å². The molecule has 0 aliphatic heterocycles. The van der Waals surface area contributed by atoms with Crippen molar-refractivity contribution >= 4 is 34.1 Å². The minimum Gasteiger partial charge on any atom is -0.319 e. The fourth-order valence-electron chi connectivity index (χ4n) is 2.78. The number of nitro benzene ring substituents is 1. The second-order valence-electron chi connectivity index (χ2n) is 6.55. The lowest BCUT2D eigenvalue weighted by molar-refractivity contribution is -0.513. The van der Waals surface area contributed by atoms with Gasteiger partial charge in [-0.05, 0) is 37.1 Å². The van der Waals surface area contributed by atoms with E-state index in [4.69, 9.17) is 0 Å². The monoisotopic (exact) mass is 409 g/mol. The van der Waals surface area contributed by atoms with Crippen LogP contribution in [-0.2, 0) is 9.59 Å². The summed E-state index contributed by atoms with van der Waals surface area (Å²) in [6, 6.07) is 6.72. The van der Waals surface area contributed by atoms with Crippen molar-refractivity contribution in [1.29, 1.82) is 0 Å². The van der Waals surface area contributed by atoms with Gasteiger partial charge in [0, 0.05) is 22.7 Å². The zero-order chi connectivity index (χ0) is 22.0. The summed E-state index contributed by atoms with van der Waals surface area (Å²) >= 11 is 0. The molecule has 1 amide bonds. The smallest absolute Gasteiger partial charge is 0.319 e. The van der Waals surface area contributed by atoms with E-state index in [2.05, 4.69) is 15.3 Å². The van der Waals surface area contributed by atoms with Crippen molar-refractivity contribution in [2.24, 2.45) is 0 Å². The third-order valence-corrected chi connectivity index (χ3v) is 4.36. The van der Waals surface area contributed by atoms with Crippen LogP contribution in [0.4, 0.5) is 11.4 Å². The summed E-state index contributed by atoms with van der Waals surface area (Å²) < 4.78 is 0. The molecule has 30 heavy (non-hydrogen) atoms. The third-order valence-electron chi connectivity index (χ3n) is 4.36. The van der Waals surface area contributed by atoms with E-state index in [0.717, 1.165) is 17.8 Å². The van der Waals surface area contributed by atoms with Crippen LogP contribution in [0.5, 0.6) is 0 Å². The van der Waals surface area contributed by atoms with Crippen LogP contribution >= 0.6 is 0 Å². The van der Waals surface area contributed by atoms with Gasteiger partial charge >= 0.3 is 6.04 Å². The Kier molecular flexibility index (Phi) is 5.45. The number of carbonyl (C=O) groups excluding carboxylic acids is 2. The van der Waals surface area contributed by atoms with Crippen LogP contribution in [0.15, 0.2) is 42.6 Å². The zero-order valence-corrected chi connectivity index (χ0v) is 15.9. The van der Waals surface area contributed by atoms with E-state index in [-0.39, 0.29) is 16.7 Å². The Bertz CT molecular complexity index is 1210. The third kappa shape index (κ3) is 4.09. The number of anilines is 1. The number of Topliss-reactive ketones (excluding diaryl/α,β-unsaturated/α-hetero) is 1. The maximum Gasteiger partial charge on any atom is 0.322 e. The van der Waals surface area contributed by atoms with Gasteiger partial charge in [-0.15, -0.1) is 0 Å². The van der Waals surface area contributed by atoms with E-state index >= 15 is 0 Å². The number of nitrogens with zero attached hydrogens (tertiary/aromatic N) is 4. The molecule has 0 unspecified atom stereocenters. The molecule has 1 N–H and O–H groups in total. The molecule has 11 nitrogen and oxygen atoms in total. The number of non-ortho nitro benzene ring substituents is 1. The molecule has 1 atom stereocenters. The highest BCUT2D eigenvalue weighted by molar-refractivity contribution is 6.42. The highest BCUT2D eigenvalue weighted by atomic mass is 16.6. The maximum absolute atomic E-state index is 12.6. The SMILES string of the molecule is Cc1ccc(C)c(NC(=O)C(=O)[C@@H](c2cnc3ccc([N+](=O)[O-])cc3n2)[N+](=O)[O-])c1. The van der Waals surface area contributed by atoms with Crippen LogP contribution < -0.4 is 5.32 Å². The molecule has 3 aromatic rings. The summed E-state index contributed by atoms with van der Waals surface area (Å²) in [5.74, 6) is -2.51. The van der Waals surface area contributed by atoms with Gasteiger partial charge in [-0.25, -0.2) is 4.98 Å². The van der Waals surface area contributed by atoms with E-state index in [1.54, 1.807) is 26.0 Å². The molecular formula is C19H15N5O6. The predicted octanol–water partition coefficient (Wildman–Crippen LogP) is 2.68. The molecule has 0 aliphatic rings. The van der Waals surface area contributed by atoms with Crippen molar-refractivity contribution in [1.82, 2.24) is 9.97 Å². The largest absolute Gasteiger partial charge is 0.322 e. The number of amides is 1. The molecule has 0 fully saturated rings. The van der Waals surface area contributed by atoms with Crippen LogP contribution in [0, 0.1) is 34.1 Å². The molecule has 0 bridgehead atoms. The van der Waals surface area contributed by atoms with Crippen LogP contribution in [0.3, 0.4) is 0 Å². The summed E-state index contributed by atoms with van der Waals surface area (Å²) in [7, 11) is 0. The van der Waals surface area contributed by atoms with E-state index in [1.165, 1.54) is 12.1 Å². The van der Waals surface area contributed by atoms with Crippen molar-refractivity contribution in [3.05, 3.63) is 79.6 Å². The first kappa shape index (κ1) is 20.5. The Hall–Kier alpha value is -4.28. The summed E-state index contributed by atoms with van der Waals surface area (Å²) in [5.41, 5.74) is 1.43. The van der Waals surface area contributed by atoms with Crippen molar-refractivity contribution in [2.75, 3.05) is 5.32 Å². The number of nitro groups is 2. The Morgan fingerprint density at radius 3 is 2.43 bits per heavy atom. The minimum absolute atomic E-state index is 0.00344. The highest BCUT2D eigenvalue weighted by Crippen LogP contribution is 2.23. The van der Waals surface area contributed by atoms with E-state index in [1.807, 2.05) is 6.07 Å². The van der Waals surface area contributed by atoms with Gasteiger partial charge in [0.25, 0.3) is 17.4 Å². The molecule has 0 aliphatic carbocycles. The van der Waals surface area contributed by atoms with E-state index < -0.39 is 33.3 Å². The lowest BCUT2D eigenvalue weighted by Gasteiger charge is -2.11. The number of hydrogen-bond donors (Lipinski definition) is 1. The van der Waals surface area contributed by atoms with Gasteiger partial charge in [0.2, 0.25) is 0 Å². The average molecular weight is 409 g/mol. The van der Waals surface area contributed by atoms with Crippen LogP contribution in [0.2, 0.25) is 0 Å². The number of aryl methyl sites for hydroxylation is 2. The molecule has 2 aromatic carbocycles. The Morgan fingerprint density at radius 1 is 1.03 bits per heavy atom. The lowest BCUT2D eigenvalue weighted by Crippen LogP contribution is -2.33. The molecule has 0 saturated heterocycles. The Balaban J connectivity index is 1.95. The average Bonchev–Trinajstić information content (AvgIpc) is 2.69. The molecule has 1 aromatic heterocycles. The first-order valence-corrected chi connectivity index (χ1v) is 8.64. The molecular weight excluding hydrogens is 394 g/mol. The lowest BCUT2D eigenvalue weighted by atomic mass is 10.1. The normalized spacial score (nSPS) is 11.7. The minimum atomic E-state index is -2.11. The molecule has 1 heterocycles. The topological polar surface area (TPSA) is 158 Å². The first-order valence-electron chi connectivity index (χ1n) is 8.64. The molecule has 0 spiro atoms. The van der Waals surface area contributed by atoms with E-state index in [9.17, 15) is 29.8 Å². The fraction of sp³-hybridized carbons (Fsp3) is 0.158. The second kappa shape index (κ2) is 7.99. The maximum atomic E-state index is 12.6. The van der Waals surface area contributed by atoms with Gasteiger partial charge in [-0.1, -0.05) is 12.1 Å². The Morgan fingerprint density at radius 2 is 1.77 bits per heavy atom. The molecule has 3 rings (SSSR count). The van der Waals surface area contributed by atoms with Crippen LogP contribution in [-0.4, -0.2) is 31.5 Å². The number of aromatic nitrogens is 2. The zero-order valence-electron chi connectivity index (χ0n) is 15.9. The van der Waals surface area contributed by atoms with Gasteiger partial charge in [-0.2, -0.15) is 0 Å². The second-order valence-corrected chi connectivity index (χ2v) is 6.55. The molecule has 11 heteroatoms. The quantitative estimate of drug-likeness (QED) is 0.369. The van der Waals surface area contributed by atoms with Crippen LogP contribution in [0.25, 0.3) is 11.0 Å². The number of fused-ring (bicyclic) bond motifs is 1. The number of carbonyl (C=O) groups is 2. The van der Waals surface area contributed by atoms with Gasteiger partial charge in [0.05, 0.1) is 22.2 Å². The number of nitrogens with one attached hydrogen (secondary N) is 1. The molecule has 0 saturated carbocycles. The van der Waals surface area contributed by atoms with Gasteiger partial charge in [-0.3, -0.25) is 34.8 Å².